The van der Waals surface area contributed by atoms with Crippen molar-refractivity contribution in [1.29, 1.82) is 0 Å². The molecule has 4 N–H and O–H groups in total. The molecule has 0 unspecified atom stereocenters. The van der Waals surface area contributed by atoms with E-state index in [9.17, 15) is 0 Å². The molecule has 5 heteroatoms. The maximum atomic E-state index is 5.32. The van der Waals surface area contributed by atoms with Crippen LogP contribution in [-0.2, 0) is 0 Å². The van der Waals surface area contributed by atoms with Gasteiger partial charge in [-0.25, -0.2) is 9.98 Å². The van der Waals surface area contributed by atoms with Gasteiger partial charge in [0.2, 0.25) is 5.96 Å². The molecule has 0 saturated carbocycles. The third-order valence-corrected chi connectivity index (χ3v) is 1.07. The Balaban J connectivity index is 2.86. The molecule has 0 aliphatic carbocycles. The Kier molecular flexibility index (Phi) is 1.44. The van der Waals surface area contributed by atoms with Crippen LogP contribution in [0.4, 0.5) is 0 Å². The zero-order chi connectivity index (χ0) is 6.85. The normalized spacial score (nSPS) is 18.9. The van der Waals surface area contributed by atoms with Crippen LogP contribution in [0.15, 0.2) is 9.98 Å². The van der Waals surface area contributed by atoms with Crippen molar-refractivity contribution in [2.45, 2.75) is 6.42 Å². The number of amidine groups is 1. The zero-order valence-electron chi connectivity index (χ0n) is 4.66. The molecule has 0 aromatic rings. The van der Waals surface area contributed by atoms with Crippen molar-refractivity contribution in [3.05, 3.63) is 0 Å². The van der Waals surface area contributed by atoms with Crippen molar-refractivity contribution < 1.29 is 0 Å². The second-order valence-corrected chi connectivity index (χ2v) is 2.11. The molecule has 1 aliphatic rings. The molecule has 0 spiro atoms. The van der Waals surface area contributed by atoms with E-state index in [0.717, 1.165) is 0 Å². The van der Waals surface area contributed by atoms with Crippen LogP contribution in [0.2, 0.25) is 0 Å². The first-order valence-electron chi connectivity index (χ1n) is 2.38. The van der Waals surface area contributed by atoms with Gasteiger partial charge in [0.05, 0.1) is 6.42 Å². The third kappa shape index (κ3) is 1.46. The molecule has 0 bridgehead atoms. The largest absolute Gasteiger partial charge is 0.387 e. The lowest BCUT2D eigenvalue weighted by molar-refractivity contribution is 1.33. The van der Waals surface area contributed by atoms with E-state index in [1.54, 1.807) is 0 Å². The Hall–Kier alpha value is -0.970. The monoisotopic (exact) mass is 142 g/mol. The number of guanidine groups is 1. The molecule has 0 atom stereocenters. The minimum absolute atomic E-state index is 0.156. The number of nitrogens with zero attached hydrogens (tertiary/aromatic N) is 2. The summed E-state index contributed by atoms with van der Waals surface area (Å²) in [4.78, 5) is 7.86. The quantitative estimate of drug-likeness (QED) is 0.443. The van der Waals surface area contributed by atoms with Crippen molar-refractivity contribution in [2.24, 2.45) is 21.5 Å². The third-order valence-electron chi connectivity index (χ3n) is 0.830. The van der Waals surface area contributed by atoms with E-state index in [2.05, 4.69) is 9.98 Å². The first-order chi connectivity index (χ1) is 4.18. The Morgan fingerprint density at radius 2 is 2.00 bits per heavy atom. The average molecular weight is 142 g/mol. The first kappa shape index (κ1) is 6.15. The summed E-state index contributed by atoms with van der Waals surface area (Å²) in [5.74, 6) is 0.594. The van der Waals surface area contributed by atoms with Gasteiger partial charge >= 0.3 is 0 Å². The molecule has 1 aliphatic heterocycles. The molecular weight excluding hydrogens is 136 g/mol. The standard InChI is InChI=1S/C4H6N4S/c5-2-1-3(9)8-4(6)7-2/h1H2,(H4,5,6,7,8,9). The Bertz CT molecular complexity index is 205. The lowest BCUT2D eigenvalue weighted by atomic mass is 10.4. The predicted octanol–water partition coefficient (Wildman–Crippen LogP) is -0.611. The lowest BCUT2D eigenvalue weighted by Crippen LogP contribution is -2.25. The number of hydrogen-bond acceptors (Lipinski definition) is 4. The van der Waals surface area contributed by atoms with Gasteiger partial charge in [-0.3, -0.25) is 0 Å². The van der Waals surface area contributed by atoms with Crippen LogP contribution in [0.5, 0.6) is 0 Å². The predicted molar refractivity (Wildman–Crippen MR) is 40.5 cm³/mol. The average Bonchev–Trinajstić information content (AvgIpc) is 1.59. The van der Waals surface area contributed by atoms with Gasteiger partial charge in [0, 0.05) is 0 Å². The van der Waals surface area contributed by atoms with Crippen molar-refractivity contribution in [3.8, 4) is 0 Å². The van der Waals surface area contributed by atoms with E-state index in [4.69, 9.17) is 23.7 Å². The second kappa shape index (κ2) is 2.10. The van der Waals surface area contributed by atoms with Crippen molar-refractivity contribution in [2.75, 3.05) is 0 Å². The fourth-order valence-electron chi connectivity index (χ4n) is 0.534. The number of thiocarbonyl (C=S) groups is 1. The molecule has 1 heterocycles. The molecule has 0 aromatic carbocycles. The van der Waals surface area contributed by atoms with E-state index in [1.807, 2.05) is 0 Å². The minimum Gasteiger partial charge on any atom is -0.387 e. The van der Waals surface area contributed by atoms with Gasteiger partial charge in [0.25, 0.3) is 0 Å². The van der Waals surface area contributed by atoms with Crippen LogP contribution in [0.25, 0.3) is 0 Å². The molecule has 0 amide bonds. The van der Waals surface area contributed by atoms with Crippen LogP contribution in [-0.4, -0.2) is 16.8 Å². The SMILES string of the molecule is NC1=NC(N)=NC(=S)C1. The van der Waals surface area contributed by atoms with Crippen molar-refractivity contribution in [3.63, 3.8) is 0 Å². The highest BCUT2D eigenvalue weighted by atomic mass is 32.1. The van der Waals surface area contributed by atoms with E-state index < -0.39 is 0 Å². The fourth-order valence-corrected chi connectivity index (χ4v) is 0.775. The smallest absolute Gasteiger partial charge is 0.222 e. The van der Waals surface area contributed by atoms with Crippen LogP contribution in [0, 0.1) is 0 Å². The minimum atomic E-state index is 0.156. The summed E-state index contributed by atoms with van der Waals surface area (Å²) in [5, 5.41) is 0. The maximum absolute atomic E-state index is 5.32. The maximum Gasteiger partial charge on any atom is 0.222 e. The first-order valence-corrected chi connectivity index (χ1v) is 2.79. The number of hydrogen-bond donors (Lipinski definition) is 2. The Morgan fingerprint density at radius 3 is 2.44 bits per heavy atom. The molecule has 0 fully saturated rings. The molecule has 4 nitrogen and oxygen atoms in total. The molecule has 0 saturated heterocycles. The highest BCUT2D eigenvalue weighted by Gasteiger charge is 2.05. The van der Waals surface area contributed by atoms with Crippen molar-refractivity contribution in [1.82, 2.24) is 0 Å². The summed E-state index contributed by atoms with van der Waals surface area (Å²) in [6.07, 6.45) is 0.454. The fraction of sp³-hybridized carbons (Fsp3) is 0.250. The molecular formula is C4H6N4S. The van der Waals surface area contributed by atoms with E-state index in [0.29, 0.717) is 17.2 Å². The van der Waals surface area contributed by atoms with Gasteiger partial charge < -0.3 is 11.5 Å². The van der Waals surface area contributed by atoms with Gasteiger partial charge in [-0.15, -0.1) is 0 Å². The Labute approximate surface area is 57.7 Å². The van der Waals surface area contributed by atoms with Gasteiger partial charge in [-0.2, -0.15) is 0 Å². The Morgan fingerprint density at radius 1 is 1.33 bits per heavy atom. The number of aliphatic imine (C=N–C) groups is 2. The summed E-state index contributed by atoms with van der Waals surface area (Å²) in [6.45, 7) is 0. The highest BCUT2D eigenvalue weighted by Crippen LogP contribution is 1.95. The summed E-state index contributed by atoms with van der Waals surface area (Å²) in [5.41, 5.74) is 10.5. The van der Waals surface area contributed by atoms with E-state index >= 15 is 0 Å². The lowest BCUT2D eigenvalue weighted by Gasteiger charge is -2.03. The van der Waals surface area contributed by atoms with Crippen LogP contribution >= 0.6 is 12.2 Å². The van der Waals surface area contributed by atoms with E-state index in [1.165, 1.54) is 0 Å². The van der Waals surface area contributed by atoms with Gasteiger partial charge in [-0.05, 0) is 0 Å². The molecule has 9 heavy (non-hydrogen) atoms. The number of nitrogens with two attached hydrogens (primary N) is 2. The zero-order valence-corrected chi connectivity index (χ0v) is 5.48. The van der Waals surface area contributed by atoms with Crippen LogP contribution in [0.1, 0.15) is 6.42 Å². The highest BCUT2D eigenvalue weighted by molar-refractivity contribution is 7.80. The van der Waals surface area contributed by atoms with E-state index in [-0.39, 0.29) is 5.96 Å². The summed E-state index contributed by atoms with van der Waals surface area (Å²) < 4.78 is 0. The van der Waals surface area contributed by atoms with Gasteiger partial charge in [-0.1, -0.05) is 12.2 Å². The topological polar surface area (TPSA) is 76.8 Å². The summed E-state index contributed by atoms with van der Waals surface area (Å²) in [7, 11) is 0. The molecule has 0 radical (unpaired) electrons. The second-order valence-electron chi connectivity index (χ2n) is 1.64. The molecule has 0 aromatic heterocycles. The van der Waals surface area contributed by atoms with Gasteiger partial charge in [0.15, 0.2) is 0 Å². The van der Waals surface area contributed by atoms with Gasteiger partial charge in [0.1, 0.15) is 10.8 Å². The van der Waals surface area contributed by atoms with Crippen LogP contribution < -0.4 is 11.5 Å². The van der Waals surface area contributed by atoms with Crippen molar-refractivity contribution >= 4 is 29.0 Å². The number of rotatable bonds is 0. The molecule has 48 valence electrons. The molecule has 1 rings (SSSR count). The van der Waals surface area contributed by atoms with Crippen LogP contribution in [0.3, 0.4) is 0 Å². The summed E-state index contributed by atoms with van der Waals surface area (Å²) in [6, 6.07) is 0. The summed E-state index contributed by atoms with van der Waals surface area (Å²) >= 11 is 4.73.